The number of benzene rings is 2. The normalized spacial score (nSPS) is 22.2. The molecule has 1 amide bonds. The van der Waals surface area contributed by atoms with Crippen LogP contribution in [-0.2, 0) is 23.7 Å². The van der Waals surface area contributed by atoms with Gasteiger partial charge in [0, 0.05) is 19.1 Å². The van der Waals surface area contributed by atoms with E-state index in [4.69, 9.17) is 10.5 Å². The second-order valence-corrected chi connectivity index (χ2v) is 10.7. The summed E-state index contributed by atoms with van der Waals surface area (Å²) in [5.74, 6) is -0.315. The van der Waals surface area contributed by atoms with E-state index in [0.29, 0.717) is 37.4 Å². The molecule has 0 spiro atoms. The Hall–Kier alpha value is -2.74. The van der Waals surface area contributed by atoms with Crippen LogP contribution in [0.4, 0.5) is 30.7 Å². The van der Waals surface area contributed by atoms with Crippen LogP contribution >= 0.6 is 0 Å². The van der Waals surface area contributed by atoms with Gasteiger partial charge in [0.25, 0.3) is 0 Å². The number of amides is 1. The lowest BCUT2D eigenvalue weighted by atomic mass is 9.84. The first kappa shape index (κ1) is 32.8. The maximum Gasteiger partial charge on any atom is 0.416 e. The molecule has 1 aliphatic heterocycles. The molecule has 1 saturated carbocycles. The molecule has 2 aliphatic rings. The summed E-state index contributed by atoms with van der Waals surface area (Å²) in [6.07, 6.45) is -6.23. The number of likely N-dealkylation sites (tertiary alicyclic amines) is 1. The third kappa shape index (κ3) is 8.18. The van der Waals surface area contributed by atoms with Crippen LogP contribution in [0.15, 0.2) is 42.5 Å². The SMILES string of the molecule is CNCC1(C(=O)NCc2cc(C(F)(F)F)cc(C(F)(F)F)c2)CCC(N2CCC(c3ccc(F)cc3)CC2)C1.OO. The Balaban J connectivity index is 0.00000226. The molecule has 4 rings (SSSR count). The number of hydrogen-bond acceptors (Lipinski definition) is 5. The Kier molecular flexibility index (Phi) is 10.8. The molecule has 2 unspecified atom stereocenters. The molecular weight excluding hydrogens is 559 g/mol. The van der Waals surface area contributed by atoms with Crippen molar-refractivity contribution in [1.82, 2.24) is 15.5 Å². The summed E-state index contributed by atoms with van der Waals surface area (Å²) >= 11 is 0. The molecular formula is C28H34F7N3O3. The van der Waals surface area contributed by atoms with Crippen LogP contribution in [-0.4, -0.2) is 54.0 Å². The highest BCUT2D eigenvalue weighted by Gasteiger charge is 2.46. The van der Waals surface area contributed by atoms with E-state index < -0.39 is 35.4 Å². The summed E-state index contributed by atoms with van der Waals surface area (Å²) in [6, 6.07) is 8.06. The molecule has 13 heteroatoms. The van der Waals surface area contributed by atoms with E-state index in [9.17, 15) is 35.5 Å². The minimum Gasteiger partial charge on any atom is -0.352 e. The van der Waals surface area contributed by atoms with E-state index in [1.165, 1.54) is 12.1 Å². The Bertz CT molecular complexity index is 1120. The fourth-order valence-corrected chi connectivity index (χ4v) is 6.02. The quantitative estimate of drug-likeness (QED) is 0.176. The number of carbonyl (C=O) groups excluding carboxylic acids is 1. The average molecular weight is 594 g/mol. The molecule has 1 aliphatic carbocycles. The molecule has 1 saturated heterocycles. The van der Waals surface area contributed by atoms with Crippen molar-refractivity contribution in [2.24, 2.45) is 5.41 Å². The molecule has 0 radical (unpaired) electrons. The van der Waals surface area contributed by atoms with Gasteiger partial charge in [-0.05, 0) is 99.6 Å². The number of nitrogens with zero attached hydrogens (tertiary/aromatic N) is 1. The molecule has 6 nitrogen and oxygen atoms in total. The van der Waals surface area contributed by atoms with E-state index in [1.54, 1.807) is 7.05 Å². The molecule has 0 bridgehead atoms. The van der Waals surface area contributed by atoms with Crippen molar-refractivity contribution in [3.63, 3.8) is 0 Å². The summed E-state index contributed by atoms with van der Waals surface area (Å²) in [6.45, 7) is 1.56. The first-order valence-electron chi connectivity index (χ1n) is 13.2. The van der Waals surface area contributed by atoms with Gasteiger partial charge in [-0.15, -0.1) is 0 Å². The van der Waals surface area contributed by atoms with Crippen LogP contribution in [0.2, 0.25) is 0 Å². The molecule has 2 aromatic rings. The predicted molar refractivity (Wildman–Crippen MR) is 137 cm³/mol. The minimum absolute atomic E-state index is 0.0780. The lowest BCUT2D eigenvalue weighted by Crippen LogP contribution is -2.47. The van der Waals surface area contributed by atoms with E-state index in [1.807, 2.05) is 12.1 Å². The number of halogens is 7. The zero-order chi connectivity index (χ0) is 30.4. The summed E-state index contributed by atoms with van der Waals surface area (Å²) in [7, 11) is 1.71. The largest absolute Gasteiger partial charge is 0.416 e. The third-order valence-electron chi connectivity index (χ3n) is 8.07. The fourth-order valence-electron chi connectivity index (χ4n) is 6.02. The fraction of sp³-hybridized carbons (Fsp3) is 0.536. The highest BCUT2D eigenvalue weighted by molar-refractivity contribution is 5.83. The van der Waals surface area contributed by atoms with E-state index in [0.717, 1.165) is 37.9 Å². The van der Waals surface area contributed by atoms with Crippen LogP contribution in [0.3, 0.4) is 0 Å². The summed E-state index contributed by atoms with van der Waals surface area (Å²) in [5, 5.41) is 17.7. The molecule has 1 heterocycles. The number of rotatable bonds is 7. The molecule has 2 aromatic carbocycles. The number of nitrogens with one attached hydrogen (secondary N) is 2. The van der Waals surface area contributed by atoms with E-state index >= 15 is 0 Å². The van der Waals surface area contributed by atoms with Crippen molar-refractivity contribution >= 4 is 5.91 Å². The topological polar surface area (TPSA) is 84.8 Å². The molecule has 228 valence electrons. The second kappa shape index (κ2) is 13.5. The maximum absolute atomic E-state index is 13.3. The highest BCUT2D eigenvalue weighted by atomic mass is 19.4. The Morgan fingerprint density at radius 2 is 1.51 bits per heavy atom. The molecule has 41 heavy (non-hydrogen) atoms. The Labute approximate surface area is 233 Å². The van der Waals surface area contributed by atoms with Crippen molar-refractivity contribution < 1.29 is 46.0 Å². The standard InChI is InChI=1S/C28H32F7N3O.H2O2/c1-36-17-26(25(39)37-16-18-12-21(27(30,31)32)14-22(13-18)28(33,34)35)9-6-24(15-26)38-10-7-20(8-11-38)19-2-4-23(29)5-3-19;1-2/h2-5,12-14,20,24,36H,6-11,15-17H2,1H3,(H,37,39);1-2H. The molecule has 2 atom stereocenters. The predicted octanol–water partition coefficient (Wildman–Crippen LogP) is 6.13. The summed E-state index contributed by atoms with van der Waals surface area (Å²) in [5.41, 5.74) is -2.79. The van der Waals surface area contributed by atoms with Gasteiger partial charge in [0.1, 0.15) is 5.82 Å². The van der Waals surface area contributed by atoms with Crippen molar-refractivity contribution in [2.75, 3.05) is 26.7 Å². The molecule has 0 aromatic heterocycles. The van der Waals surface area contributed by atoms with Gasteiger partial charge < -0.3 is 15.5 Å². The Morgan fingerprint density at radius 3 is 2.02 bits per heavy atom. The van der Waals surface area contributed by atoms with Gasteiger partial charge in [0.05, 0.1) is 16.5 Å². The van der Waals surface area contributed by atoms with Crippen molar-refractivity contribution in [2.45, 2.75) is 63.0 Å². The first-order chi connectivity index (χ1) is 19.3. The first-order valence-corrected chi connectivity index (χ1v) is 13.2. The van der Waals surface area contributed by atoms with Crippen LogP contribution in [0.1, 0.15) is 60.3 Å². The van der Waals surface area contributed by atoms with Gasteiger partial charge >= 0.3 is 12.4 Å². The van der Waals surface area contributed by atoms with Gasteiger partial charge in [0.2, 0.25) is 5.91 Å². The van der Waals surface area contributed by atoms with Crippen molar-refractivity contribution in [3.8, 4) is 0 Å². The second-order valence-electron chi connectivity index (χ2n) is 10.7. The van der Waals surface area contributed by atoms with Gasteiger partial charge in [-0.25, -0.2) is 4.39 Å². The van der Waals surface area contributed by atoms with Crippen molar-refractivity contribution in [3.05, 3.63) is 70.5 Å². The van der Waals surface area contributed by atoms with Gasteiger partial charge in [-0.1, -0.05) is 12.1 Å². The average Bonchev–Trinajstić information content (AvgIpc) is 3.38. The van der Waals surface area contributed by atoms with E-state index in [-0.39, 0.29) is 29.4 Å². The number of carbonyl (C=O) groups is 1. The van der Waals surface area contributed by atoms with E-state index in [2.05, 4.69) is 15.5 Å². The number of alkyl halides is 6. The smallest absolute Gasteiger partial charge is 0.352 e. The molecule has 2 fully saturated rings. The van der Waals surface area contributed by atoms with Crippen LogP contribution in [0, 0.1) is 11.2 Å². The van der Waals surface area contributed by atoms with Crippen molar-refractivity contribution in [1.29, 1.82) is 0 Å². The van der Waals surface area contributed by atoms with Crippen LogP contribution < -0.4 is 10.6 Å². The summed E-state index contributed by atoms with van der Waals surface area (Å²) < 4.78 is 92.6. The third-order valence-corrected chi connectivity index (χ3v) is 8.07. The maximum atomic E-state index is 13.3. The Morgan fingerprint density at radius 1 is 0.951 bits per heavy atom. The highest BCUT2D eigenvalue weighted by Crippen LogP contribution is 2.42. The monoisotopic (exact) mass is 593 g/mol. The lowest BCUT2D eigenvalue weighted by Gasteiger charge is -2.37. The van der Waals surface area contributed by atoms with Crippen LogP contribution in [0.25, 0.3) is 0 Å². The van der Waals surface area contributed by atoms with Gasteiger partial charge in [-0.2, -0.15) is 26.3 Å². The number of piperidine rings is 1. The summed E-state index contributed by atoms with van der Waals surface area (Å²) in [4.78, 5) is 15.7. The van der Waals surface area contributed by atoms with Gasteiger partial charge in [0.15, 0.2) is 0 Å². The zero-order valence-electron chi connectivity index (χ0n) is 22.5. The van der Waals surface area contributed by atoms with Crippen LogP contribution in [0.5, 0.6) is 0 Å². The lowest BCUT2D eigenvalue weighted by molar-refractivity contribution is -0.176. The zero-order valence-corrected chi connectivity index (χ0v) is 22.5. The van der Waals surface area contributed by atoms with Gasteiger partial charge in [-0.3, -0.25) is 15.3 Å². The number of hydrogen-bond donors (Lipinski definition) is 4. The molecule has 4 N–H and O–H groups in total. The minimum atomic E-state index is -4.95.